The molecule has 2 aromatic rings. The molecule has 0 spiro atoms. The first kappa shape index (κ1) is 14.0. The molecule has 102 valence electrons. The van der Waals surface area contributed by atoms with Crippen LogP contribution in [0, 0.1) is 17.1 Å². The molecule has 1 N–H and O–H groups in total. The average molecular weight is 270 g/mol. The van der Waals surface area contributed by atoms with Crippen molar-refractivity contribution < 1.29 is 9.13 Å². The molecule has 20 heavy (non-hydrogen) atoms. The van der Waals surface area contributed by atoms with Gasteiger partial charge in [0.05, 0.1) is 12.7 Å². The molecule has 0 heterocycles. The molecule has 0 saturated heterocycles. The van der Waals surface area contributed by atoms with E-state index in [1.807, 2.05) is 30.3 Å². The molecule has 0 aromatic heterocycles. The van der Waals surface area contributed by atoms with Gasteiger partial charge < -0.3 is 10.1 Å². The first-order valence-corrected chi connectivity index (χ1v) is 6.25. The van der Waals surface area contributed by atoms with Crippen molar-refractivity contribution in [3.8, 4) is 11.8 Å². The van der Waals surface area contributed by atoms with Crippen LogP contribution in [-0.4, -0.2) is 7.11 Å². The second-order valence-electron chi connectivity index (χ2n) is 4.35. The number of nitriles is 1. The van der Waals surface area contributed by atoms with Crippen molar-refractivity contribution in [1.82, 2.24) is 5.32 Å². The summed E-state index contributed by atoms with van der Waals surface area (Å²) in [6, 6.07) is 14.4. The lowest BCUT2D eigenvalue weighted by atomic mass is 10.1. The molecular formula is C16H15FN2O. The topological polar surface area (TPSA) is 45.0 Å². The predicted molar refractivity (Wildman–Crippen MR) is 74.7 cm³/mol. The molecule has 0 aliphatic heterocycles. The normalized spacial score (nSPS) is 10.1. The molecular weight excluding hydrogens is 255 g/mol. The molecule has 4 heteroatoms. The van der Waals surface area contributed by atoms with Gasteiger partial charge in [0.1, 0.15) is 17.6 Å². The highest BCUT2D eigenvalue weighted by Crippen LogP contribution is 2.14. The Balaban J connectivity index is 1.98. The summed E-state index contributed by atoms with van der Waals surface area (Å²) in [5.74, 6) is 0.343. The van der Waals surface area contributed by atoms with Crippen LogP contribution in [0.5, 0.6) is 5.75 Å². The number of hydrogen-bond acceptors (Lipinski definition) is 3. The molecule has 2 rings (SSSR count). The van der Waals surface area contributed by atoms with Gasteiger partial charge in [-0.2, -0.15) is 5.26 Å². The summed E-state index contributed by atoms with van der Waals surface area (Å²) < 4.78 is 19.0. The zero-order chi connectivity index (χ0) is 14.4. The van der Waals surface area contributed by atoms with Gasteiger partial charge in [-0.15, -0.1) is 0 Å². The van der Waals surface area contributed by atoms with E-state index in [2.05, 4.69) is 5.32 Å². The molecule has 0 aliphatic rings. The number of halogens is 1. The summed E-state index contributed by atoms with van der Waals surface area (Å²) in [5.41, 5.74) is 1.62. The Labute approximate surface area is 117 Å². The van der Waals surface area contributed by atoms with Crippen LogP contribution in [0.3, 0.4) is 0 Å². The third-order valence-electron chi connectivity index (χ3n) is 2.98. The summed E-state index contributed by atoms with van der Waals surface area (Å²) >= 11 is 0. The van der Waals surface area contributed by atoms with Crippen LogP contribution in [0.1, 0.15) is 16.7 Å². The number of methoxy groups -OCH3 is 1. The molecule has 0 amide bonds. The van der Waals surface area contributed by atoms with Gasteiger partial charge in [0.2, 0.25) is 0 Å². The molecule has 0 unspecified atom stereocenters. The minimum atomic E-state index is -0.451. The number of benzene rings is 2. The number of rotatable bonds is 5. The van der Waals surface area contributed by atoms with Crippen molar-refractivity contribution >= 4 is 0 Å². The molecule has 2 aromatic carbocycles. The summed E-state index contributed by atoms with van der Waals surface area (Å²) in [7, 11) is 1.62. The summed E-state index contributed by atoms with van der Waals surface area (Å²) in [4.78, 5) is 0. The lowest BCUT2D eigenvalue weighted by molar-refractivity contribution is 0.414. The van der Waals surface area contributed by atoms with E-state index >= 15 is 0 Å². The van der Waals surface area contributed by atoms with Crippen LogP contribution in [0.25, 0.3) is 0 Å². The van der Waals surface area contributed by atoms with Gasteiger partial charge in [-0.05, 0) is 23.8 Å². The van der Waals surface area contributed by atoms with Gasteiger partial charge in [-0.25, -0.2) is 4.39 Å². The maximum absolute atomic E-state index is 13.8. The second-order valence-corrected chi connectivity index (χ2v) is 4.35. The van der Waals surface area contributed by atoms with Crippen LogP contribution in [0.15, 0.2) is 42.5 Å². The number of hydrogen-bond donors (Lipinski definition) is 1. The first-order chi connectivity index (χ1) is 9.74. The van der Waals surface area contributed by atoms with Crippen molar-refractivity contribution in [1.29, 1.82) is 5.26 Å². The zero-order valence-electron chi connectivity index (χ0n) is 11.2. The quantitative estimate of drug-likeness (QED) is 0.908. The third-order valence-corrected chi connectivity index (χ3v) is 2.98. The van der Waals surface area contributed by atoms with Gasteiger partial charge >= 0.3 is 0 Å². The smallest absolute Gasteiger partial charge is 0.145 e. The van der Waals surface area contributed by atoms with E-state index in [4.69, 9.17) is 10.00 Å². The fourth-order valence-corrected chi connectivity index (χ4v) is 1.93. The largest absolute Gasteiger partial charge is 0.497 e. The lowest BCUT2D eigenvalue weighted by Crippen LogP contribution is -2.14. The van der Waals surface area contributed by atoms with Gasteiger partial charge in [0, 0.05) is 18.7 Å². The van der Waals surface area contributed by atoms with Gasteiger partial charge in [-0.3, -0.25) is 0 Å². The van der Waals surface area contributed by atoms with E-state index in [1.165, 1.54) is 6.07 Å². The van der Waals surface area contributed by atoms with E-state index in [9.17, 15) is 4.39 Å². The number of nitrogens with one attached hydrogen (secondary N) is 1. The van der Waals surface area contributed by atoms with Crippen molar-refractivity contribution in [2.24, 2.45) is 0 Å². The number of nitrogens with zero attached hydrogens (tertiary/aromatic N) is 1. The average Bonchev–Trinajstić information content (AvgIpc) is 2.49. The molecule has 0 fully saturated rings. The van der Waals surface area contributed by atoms with Crippen LogP contribution < -0.4 is 10.1 Å². The first-order valence-electron chi connectivity index (χ1n) is 6.25. The van der Waals surface area contributed by atoms with Crippen LogP contribution >= 0.6 is 0 Å². The van der Waals surface area contributed by atoms with Crippen molar-refractivity contribution in [2.75, 3.05) is 7.11 Å². The predicted octanol–water partition coefficient (Wildman–Crippen LogP) is 3.00. The van der Waals surface area contributed by atoms with Crippen molar-refractivity contribution in [3.05, 3.63) is 65.0 Å². The minimum absolute atomic E-state index is 0.0747. The Hall–Kier alpha value is -2.38. The standard InChI is InChI=1S/C16H15FN2O/c1-20-15-7-2-4-12(8-15)10-19-11-14-6-3-5-13(9-18)16(14)17/h2-8,19H,10-11H2,1H3. The Morgan fingerprint density at radius 1 is 1.20 bits per heavy atom. The molecule has 0 radical (unpaired) electrons. The zero-order valence-corrected chi connectivity index (χ0v) is 11.2. The van der Waals surface area contributed by atoms with E-state index in [-0.39, 0.29) is 5.56 Å². The van der Waals surface area contributed by atoms with Gasteiger partial charge in [0.15, 0.2) is 0 Å². The Bertz CT molecular complexity index is 635. The third kappa shape index (κ3) is 3.34. The summed E-state index contributed by atoms with van der Waals surface area (Å²) in [6.45, 7) is 0.978. The van der Waals surface area contributed by atoms with Gasteiger partial charge in [0.25, 0.3) is 0 Å². The monoisotopic (exact) mass is 270 g/mol. The molecule has 0 bridgehead atoms. The molecule has 3 nitrogen and oxygen atoms in total. The highest BCUT2D eigenvalue weighted by atomic mass is 19.1. The lowest BCUT2D eigenvalue weighted by Gasteiger charge is -2.08. The van der Waals surface area contributed by atoms with E-state index in [1.54, 1.807) is 19.2 Å². The van der Waals surface area contributed by atoms with Crippen LogP contribution in [0.2, 0.25) is 0 Å². The Morgan fingerprint density at radius 3 is 2.75 bits per heavy atom. The van der Waals surface area contributed by atoms with Crippen LogP contribution in [-0.2, 0) is 13.1 Å². The fourth-order valence-electron chi connectivity index (χ4n) is 1.93. The Kier molecular flexibility index (Phi) is 4.70. The minimum Gasteiger partial charge on any atom is -0.497 e. The summed E-state index contributed by atoms with van der Waals surface area (Å²) in [6.07, 6.45) is 0. The highest BCUT2D eigenvalue weighted by molar-refractivity contribution is 5.35. The van der Waals surface area contributed by atoms with E-state index < -0.39 is 5.82 Å². The summed E-state index contributed by atoms with van der Waals surface area (Å²) in [5, 5.41) is 11.9. The maximum Gasteiger partial charge on any atom is 0.145 e. The van der Waals surface area contributed by atoms with Gasteiger partial charge in [-0.1, -0.05) is 24.3 Å². The SMILES string of the molecule is COc1cccc(CNCc2cccc(C#N)c2F)c1. The maximum atomic E-state index is 13.8. The number of ether oxygens (including phenoxy) is 1. The van der Waals surface area contributed by atoms with Crippen molar-refractivity contribution in [2.45, 2.75) is 13.1 Å². The molecule has 0 atom stereocenters. The molecule has 0 aliphatic carbocycles. The van der Waals surface area contributed by atoms with E-state index in [0.717, 1.165) is 11.3 Å². The molecule has 0 saturated carbocycles. The van der Waals surface area contributed by atoms with E-state index in [0.29, 0.717) is 18.7 Å². The fraction of sp³-hybridized carbons (Fsp3) is 0.188. The van der Waals surface area contributed by atoms with Crippen LogP contribution in [0.4, 0.5) is 4.39 Å². The van der Waals surface area contributed by atoms with Crippen molar-refractivity contribution in [3.63, 3.8) is 0 Å². The Morgan fingerprint density at radius 2 is 2.00 bits per heavy atom. The highest BCUT2D eigenvalue weighted by Gasteiger charge is 2.06. The second kappa shape index (κ2) is 6.69.